The predicted molar refractivity (Wildman–Crippen MR) is 102 cm³/mol. The molecule has 24 heavy (non-hydrogen) atoms. The average Bonchev–Trinajstić information content (AvgIpc) is 2.49. The van der Waals surface area contributed by atoms with E-state index in [-0.39, 0.29) is 18.0 Å². The van der Waals surface area contributed by atoms with Crippen molar-refractivity contribution in [3.05, 3.63) is 63.1 Å². The molecular formula is C19H22Cl2N2O. The summed E-state index contributed by atoms with van der Waals surface area (Å²) < 4.78 is 0. The van der Waals surface area contributed by atoms with Crippen LogP contribution in [0.25, 0.3) is 0 Å². The zero-order chi connectivity index (χ0) is 17.9. The number of nitrogens with one attached hydrogen (secondary N) is 2. The number of anilines is 1. The topological polar surface area (TPSA) is 41.1 Å². The lowest BCUT2D eigenvalue weighted by Crippen LogP contribution is -2.39. The molecule has 0 radical (unpaired) electrons. The van der Waals surface area contributed by atoms with Gasteiger partial charge in [-0.1, -0.05) is 47.0 Å². The van der Waals surface area contributed by atoms with Crippen LogP contribution in [0.1, 0.15) is 36.6 Å². The molecule has 0 spiro atoms. The van der Waals surface area contributed by atoms with Gasteiger partial charge >= 0.3 is 0 Å². The summed E-state index contributed by atoms with van der Waals surface area (Å²) in [7, 11) is 0. The highest BCUT2D eigenvalue weighted by Crippen LogP contribution is 2.26. The summed E-state index contributed by atoms with van der Waals surface area (Å²) in [5.74, 6) is -0.0844. The van der Waals surface area contributed by atoms with E-state index >= 15 is 0 Å². The molecule has 0 aromatic heterocycles. The molecule has 0 saturated heterocycles. The predicted octanol–water partition coefficient (Wildman–Crippen LogP) is 5.29. The van der Waals surface area contributed by atoms with Crippen molar-refractivity contribution in [1.29, 1.82) is 0 Å². The number of benzene rings is 2. The second-order valence-corrected chi connectivity index (χ2v) is 6.93. The molecule has 5 heteroatoms. The molecule has 0 aliphatic rings. The van der Waals surface area contributed by atoms with Crippen molar-refractivity contribution < 1.29 is 4.79 Å². The molecule has 3 nitrogen and oxygen atoms in total. The van der Waals surface area contributed by atoms with Crippen molar-refractivity contribution in [3.8, 4) is 0 Å². The smallest absolute Gasteiger partial charge is 0.241 e. The standard InChI is InChI=1S/C19H22Cl2N2O/c1-11-5-8-18(12(2)9-11)23-19(24)14(4)22-13(3)16-7-6-15(20)10-17(16)21/h5-10,13-14,22H,1-4H3,(H,23,24). The van der Waals surface area contributed by atoms with E-state index in [2.05, 4.69) is 10.6 Å². The van der Waals surface area contributed by atoms with Crippen LogP contribution < -0.4 is 10.6 Å². The Balaban J connectivity index is 2.02. The van der Waals surface area contributed by atoms with E-state index in [9.17, 15) is 4.79 Å². The quantitative estimate of drug-likeness (QED) is 0.756. The highest BCUT2D eigenvalue weighted by molar-refractivity contribution is 6.35. The van der Waals surface area contributed by atoms with E-state index in [0.29, 0.717) is 10.0 Å². The Labute approximate surface area is 153 Å². The molecular weight excluding hydrogens is 343 g/mol. The Morgan fingerprint density at radius 1 is 1.04 bits per heavy atom. The summed E-state index contributed by atoms with van der Waals surface area (Å²) in [6.45, 7) is 7.81. The summed E-state index contributed by atoms with van der Waals surface area (Å²) in [5, 5.41) is 7.41. The van der Waals surface area contributed by atoms with Crippen molar-refractivity contribution in [2.75, 3.05) is 5.32 Å². The van der Waals surface area contributed by atoms with E-state index < -0.39 is 0 Å². The van der Waals surface area contributed by atoms with Crippen molar-refractivity contribution >= 4 is 34.8 Å². The highest BCUT2D eigenvalue weighted by Gasteiger charge is 2.18. The van der Waals surface area contributed by atoms with Crippen molar-refractivity contribution in [2.45, 2.75) is 39.8 Å². The van der Waals surface area contributed by atoms with E-state index in [1.54, 1.807) is 12.1 Å². The fourth-order valence-electron chi connectivity index (χ4n) is 2.59. The molecule has 2 aromatic rings. The van der Waals surface area contributed by atoms with Crippen LogP contribution >= 0.6 is 23.2 Å². The lowest BCUT2D eigenvalue weighted by atomic mass is 10.1. The number of carbonyl (C=O) groups is 1. The minimum atomic E-state index is -0.368. The second kappa shape index (κ2) is 8.02. The maximum Gasteiger partial charge on any atom is 0.241 e. The fourth-order valence-corrected chi connectivity index (χ4v) is 3.16. The fraction of sp³-hybridized carbons (Fsp3) is 0.316. The van der Waals surface area contributed by atoms with Gasteiger partial charge in [-0.05, 0) is 57.0 Å². The normalized spacial score (nSPS) is 13.4. The number of aryl methyl sites for hydroxylation is 2. The molecule has 0 fully saturated rings. The molecule has 0 aliphatic heterocycles. The van der Waals surface area contributed by atoms with Gasteiger partial charge in [0.25, 0.3) is 0 Å². The van der Waals surface area contributed by atoms with Gasteiger partial charge in [-0.25, -0.2) is 0 Å². The van der Waals surface area contributed by atoms with Gasteiger partial charge in [0.05, 0.1) is 6.04 Å². The highest BCUT2D eigenvalue weighted by atomic mass is 35.5. The third kappa shape index (κ3) is 4.73. The first-order valence-electron chi connectivity index (χ1n) is 7.87. The van der Waals surface area contributed by atoms with Crippen LogP contribution in [0, 0.1) is 13.8 Å². The first-order valence-corrected chi connectivity index (χ1v) is 8.62. The van der Waals surface area contributed by atoms with Crippen LogP contribution in [-0.2, 0) is 4.79 Å². The number of hydrogen-bond donors (Lipinski definition) is 2. The Hall–Kier alpha value is -1.55. The summed E-state index contributed by atoms with van der Waals surface area (Å²) in [4.78, 5) is 12.4. The number of amides is 1. The average molecular weight is 365 g/mol. The van der Waals surface area contributed by atoms with Gasteiger partial charge in [0, 0.05) is 21.8 Å². The lowest BCUT2D eigenvalue weighted by Gasteiger charge is -2.21. The Bertz CT molecular complexity index is 746. The van der Waals surface area contributed by atoms with Gasteiger partial charge in [-0.15, -0.1) is 0 Å². The van der Waals surface area contributed by atoms with Crippen LogP contribution in [0.15, 0.2) is 36.4 Å². The van der Waals surface area contributed by atoms with Gasteiger partial charge in [0.15, 0.2) is 0 Å². The number of hydrogen-bond acceptors (Lipinski definition) is 2. The third-order valence-electron chi connectivity index (χ3n) is 3.96. The number of rotatable bonds is 5. The van der Waals surface area contributed by atoms with Crippen LogP contribution in [0.5, 0.6) is 0 Å². The van der Waals surface area contributed by atoms with Gasteiger partial charge in [-0.3, -0.25) is 10.1 Å². The Morgan fingerprint density at radius 3 is 2.38 bits per heavy atom. The monoisotopic (exact) mass is 364 g/mol. The van der Waals surface area contributed by atoms with E-state index in [4.69, 9.17) is 23.2 Å². The summed E-state index contributed by atoms with van der Waals surface area (Å²) >= 11 is 12.2. The number of carbonyl (C=O) groups excluding carboxylic acids is 1. The van der Waals surface area contributed by atoms with Crippen LogP contribution in [0.3, 0.4) is 0 Å². The summed E-state index contributed by atoms with van der Waals surface area (Å²) in [6, 6.07) is 10.9. The van der Waals surface area contributed by atoms with E-state index in [1.807, 2.05) is 52.0 Å². The van der Waals surface area contributed by atoms with Crippen LogP contribution in [0.4, 0.5) is 5.69 Å². The molecule has 2 N–H and O–H groups in total. The minimum absolute atomic E-state index is 0.0744. The van der Waals surface area contributed by atoms with Gasteiger partial charge in [0.1, 0.15) is 0 Å². The van der Waals surface area contributed by atoms with Crippen molar-refractivity contribution in [2.24, 2.45) is 0 Å². The molecule has 0 bridgehead atoms. The molecule has 2 atom stereocenters. The van der Waals surface area contributed by atoms with Gasteiger partial charge < -0.3 is 5.32 Å². The summed E-state index contributed by atoms with van der Waals surface area (Å²) in [5.41, 5.74) is 3.95. The third-order valence-corrected chi connectivity index (χ3v) is 4.52. The lowest BCUT2D eigenvalue weighted by molar-refractivity contribution is -0.117. The molecule has 2 rings (SSSR count). The largest absolute Gasteiger partial charge is 0.324 e. The van der Waals surface area contributed by atoms with Crippen molar-refractivity contribution in [3.63, 3.8) is 0 Å². The van der Waals surface area contributed by atoms with Crippen LogP contribution in [-0.4, -0.2) is 11.9 Å². The molecule has 0 saturated carbocycles. The molecule has 0 aliphatic carbocycles. The van der Waals surface area contributed by atoms with Crippen LogP contribution in [0.2, 0.25) is 10.0 Å². The van der Waals surface area contributed by atoms with Gasteiger partial charge in [-0.2, -0.15) is 0 Å². The SMILES string of the molecule is Cc1ccc(NC(=O)C(C)NC(C)c2ccc(Cl)cc2Cl)c(C)c1. The zero-order valence-electron chi connectivity index (χ0n) is 14.3. The van der Waals surface area contributed by atoms with Crippen molar-refractivity contribution in [1.82, 2.24) is 5.32 Å². The minimum Gasteiger partial charge on any atom is -0.324 e. The molecule has 2 unspecified atom stereocenters. The first-order chi connectivity index (χ1) is 11.3. The molecule has 1 amide bonds. The van der Waals surface area contributed by atoms with E-state index in [1.165, 1.54) is 5.56 Å². The summed E-state index contributed by atoms with van der Waals surface area (Å²) in [6.07, 6.45) is 0. The number of halogens is 2. The maximum atomic E-state index is 12.4. The molecule has 0 heterocycles. The maximum absolute atomic E-state index is 12.4. The first kappa shape index (κ1) is 18.8. The van der Waals surface area contributed by atoms with Gasteiger partial charge in [0.2, 0.25) is 5.91 Å². The Morgan fingerprint density at radius 2 is 1.75 bits per heavy atom. The van der Waals surface area contributed by atoms with E-state index in [0.717, 1.165) is 16.8 Å². The molecule has 128 valence electrons. The zero-order valence-corrected chi connectivity index (χ0v) is 15.8. The second-order valence-electron chi connectivity index (χ2n) is 6.08. The Kier molecular flexibility index (Phi) is 6.27. The molecule has 2 aromatic carbocycles.